The zero-order chi connectivity index (χ0) is 20.2. The van der Waals surface area contributed by atoms with Crippen LogP contribution in [0.4, 0.5) is 5.69 Å². The number of carbonyl (C=O) groups is 1. The lowest BCUT2D eigenvalue weighted by Crippen LogP contribution is -2.14. The van der Waals surface area contributed by atoms with Gasteiger partial charge in [-0.2, -0.15) is 0 Å². The quantitative estimate of drug-likeness (QED) is 0.455. The molecule has 0 saturated heterocycles. The van der Waals surface area contributed by atoms with E-state index >= 15 is 0 Å². The number of nitrogens with one attached hydrogen (secondary N) is 1. The van der Waals surface area contributed by atoms with Crippen molar-refractivity contribution in [2.24, 2.45) is 0 Å². The average Bonchev–Trinajstić information content (AvgIpc) is 3.33. The Morgan fingerprint density at radius 3 is 2.69 bits per heavy atom. The average molecular weight is 422 g/mol. The molecule has 29 heavy (non-hydrogen) atoms. The van der Waals surface area contributed by atoms with Crippen LogP contribution in [0.3, 0.4) is 0 Å². The van der Waals surface area contributed by atoms with E-state index in [2.05, 4.69) is 20.5 Å². The summed E-state index contributed by atoms with van der Waals surface area (Å²) in [6.07, 6.45) is 0. The number of amides is 1. The Morgan fingerprint density at radius 2 is 1.93 bits per heavy atom. The van der Waals surface area contributed by atoms with E-state index in [1.807, 2.05) is 78.4 Å². The van der Waals surface area contributed by atoms with Crippen LogP contribution in [0.25, 0.3) is 16.9 Å². The SMILES string of the molecule is Cc1nc(-c2cccc(NC(=O)CSc3nnc(C)n3-c3ccccc3)c2)cs1. The maximum atomic E-state index is 12.5. The minimum absolute atomic E-state index is 0.0955. The number of aryl methyl sites for hydroxylation is 2. The van der Waals surface area contributed by atoms with Crippen molar-refractivity contribution in [1.82, 2.24) is 19.7 Å². The van der Waals surface area contributed by atoms with Crippen molar-refractivity contribution in [2.45, 2.75) is 19.0 Å². The van der Waals surface area contributed by atoms with Gasteiger partial charge in [-0.15, -0.1) is 21.5 Å². The van der Waals surface area contributed by atoms with Gasteiger partial charge in [-0.05, 0) is 38.1 Å². The zero-order valence-corrected chi connectivity index (χ0v) is 17.6. The molecule has 0 spiro atoms. The van der Waals surface area contributed by atoms with Gasteiger partial charge in [-0.1, -0.05) is 42.1 Å². The van der Waals surface area contributed by atoms with Gasteiger partial charge in [0.1, 0.15) is 5.82 Å². The highest BCUT2D eigenvalue weighted by Gasteiger charge is 2.13. The van der Waals surface area contributed by atoms with E-state index in [-0.39, 0.29) is 11.7 Å². The van der Waals surface area contributed by atoms with Crippen molar-refractivity contribution in [3.8, 4) is 16.9 Å². The van der Waals surface area contributed by atoms with Crippen LogP contribution in [0.1, 0.15) is 10.8 Å². The summed E-state index contributed by atoms with van der Waals surface area (Å²) in [5, 5.41) is 15.1. The van der Waals surface area contributed by atoms with Crippen LogP contribution in [0, 0.1) is 13.8 Å². The van der Waals surface area contributed by atoms with Crippen LogP contribution in [0.15, 0.2) is 65.1 Å². The molecule has 1 amide bonds. The molecule has 0 saturated carbocycles. The fraction of sp³-hybridized carbons (Fsp3) is 0.143. The number of aromatic nitrogens is 4. The molecule has 4 rings (SSSR count). The lowest BCUT2D eigenvalue weighted by atomic mass is 10.1. The van der Waals surface area contributed by atoms with Gasteiger partial charge in [0.2, 0.25) is 5.91 Å². The number of para-hydroxylation sites is 1. The first-order valence-electron chi connectivity index (χ1n) is 9.03. The lowest BCUT2D eigenvalue weighted by molar-refractivity contribution is -0.113. The van der Waals surface area contributed by atoms with Crippen LogP contribution in [0.5, 0.6) is 0 Å². The fourth-order valence-corrected chi connectivity index (χ4v) is 4.31. The number of benzene rings is 2. The fourth-order valence-electron chi connectivity index (χ4n) is 2.89. The molecular weight excluding hydrogens is 402 g/mol. The Hall–Kier alpha value is -2.97. The summed E-state index contributed by atoms with van der Waals surface area (Å²) in [6.45, 7) is 3.88. The molecule has 0 aliphatic carbocycles. The molecule has 2 heterocycles. The topological polar surface area (TPSA) is 72.7 Å². The highest BCUT2D eigenvalue weighted by atomic mass is 32.2. The summed E-state index contributed by atoms with van der Waals surface area (Å²) >= 11 is 2.97. The third-order valence-electron chi connectivity index (χ3n) is 4.20. The third kappa shape index (κ3) is 4.55. The number of rotatable bonds is 6. The van der Waals surface area contributed by atoms with E-state index in [0.717, 1.165) is 33.5 Å². The van der Waals surface area contributed by atoms with Gasteiger partial charge < -0.3 is 5.32 Å². The smallest absolute Gasteiger partial charge is 0.234 e. The van der Waals surface area contributed by atoms with Gasteiger partial charge in [-0.3, -0.25) is 9.36 Å². The number of carbonyl (C=O) groups excluding carboxylic acids is 1. The summed E-state index contributed by atoms with van der Waals surface area (Å²) in [6, 6.07) is 17.6. The van der Waals surface area contributed by atoms with Gasteiger partial charge >= 0.3 is 0 Å². The number of hydrogen-bond acceptors (Lipinski definition) is 6. The molecule has 0 aliphatic rings. The second-order valence-electron chi connectivity index (χ2n) is 6.37. The van der Waals surface area contributed by atoms with E-state index < -0.39 is 0 Å². The molecule has 146 valence electrons. The second-order valence-corrected chi connectivity index (χ2v) is 8.37. The van der Waals surface area contributed by atoms with Crippen LogP contribution < -0.4 is 5.32 Å². The number of nitrogens with zero attached hydrogens (tertiary/aromatic N) is 4. The van der Waals surface area contributed by atoms with E-state index in [4.69, 9.17) is 0 Å². The third-order valence-corrected chi connectivity index (χ3v) is 5.91. The first kappa shape index (κ1) is 19.4. The summed E-state index contributed by atoms with van der Waals surface area (Å²) < 4.78 is 1.95. The highest BCUT2D eigenvalue weighted by molar-refractivity contribution is 7.99. The minimum Gasteiger partial charge on any atom is -0.325 e. The number of hydrogen-bond donors (Lipinski definition) is 1. The normalized spacial score (nSPS) is 10.8. The van der Waals surface area contributed by atoms with Crippen molar-refractivity contribution in [3.05, 3.63) is 70.8 Å². The minimum atomic E-state index is -0.0955. The van der Waals surface area contributed by atoms with Crippen molar-refractivity contribution in [1.29, 1.82) is 0 Å². The van der Waals surface area contributed by atoms with Gasteiger partial charge in [0.15, 0.2) is 5.16 Å². The Bertz CT molecular complexity index is 1140. The van der Waals surface area contributed by atoms with E-state index in [9.17, 15) is 4.79 Å². The molecule has 8 heteroatoms. The number of anilines is 1. The summed E-state index contributed by atoms with van der Waals surface area (Å²) in [5.74, 6) is 0.928. The molecule has 1 N–H and O–H groups in total. The molecule has 0 radical (unpaired) electrons. The van der Waals surface area contributed by atoms with Crippen LogP contribution in [-0.2, 0) is 4.79 Å². The van der Waals surface area contributed by atoms with Gasteiger partial charge in [0.05, 0.1) is 16.5 Å². The van der Waals surface area contributed by atoms with Gasteiger partial charge in [0.25, 0.3) is 0 Å². The van der Waals surface area contributed by atoms with E-state index in [1.54, 1.807) is 11.3 Å². The van der Waals surface area contributed by atoms with Crippen molar-refractivity contribution in [2.75, 3.05) is 11.1 Å². The first-order valence-corrected chi connectivity index (χ1v) is 10.9. The first-order chi connectivity index (χ1) is 14.1. The zero-order valence-electron chi connectivity index (χ0n) is 16.0. The van der Waals surface area contributed by atoms with Crippen LogP contribution in [-0.4, -0.2) is 31.4 Å². The monoisotopic (exact) mass is 421 g/mol. The maximum absolute atomic E-state index is 12.5. The van der Waals surface area contributed by atoms with Crippen LogP contribution in [0.2, 0.25) is 0 Å². The highest BCUT2D eigenvalue weighted by Crippen LogP contribution is 2.25. The Labute approximate surface area is 177 Å². The number of thiazole rings is 1. The summed E-state index contributed by atoms with van der Waals surface area (Å²) in [7, 11) is 0. The lowest BCUT2D eigenvalue weighted by Gasteiger charge is -2.09. The van der Waals surface area contributed by atoms with E-state index in [1.165, 1.54) is 11.8 Å². The van der Waals surface area contributed by atoms with E-state index in [0.29, 0.717) is 5.16 Å². The predicted octanol–water partition coefficient (Wildman–Crippen LogP) is 4.74. The van der Waals surface area contributed by atoms with Crippen molar-refractivity contribution in [3.63, 3.8) is 0 Å². The Morgan fingerprint density at radius 1 is 1.10 bits per heavy atom. The van der Waals surface area contributed by atoms with Crippen molar-refractivity contribution >= 4 is 34.7 Å². The molecule has 2 aromatic heterocycles. The molecule has 2 aromatic carbocycles. The summed E-state index contributed by atoms with van der Waals surface area (Å²) in [5.41, 5.74) is 3.63. The molecule has 4 aromatic rings. The second kappa shape index (κ2) is 8.59. The molecule has 0 atom stereocenters. The molecule has 0 unspecified atom stereocenters. The Balaban J connectivity index is 1.43. The maximum Gasteiger partial charge on any atom is 0.234 e. The largest absolute Gasteiger partial charge is 0.325 e. The summed E-state index contributed by atoms with van der Waals surface area (Å²) in [4.78, 5) is 17.0. The predicted molar refractivity (Wildman–Crippen MR) is 118 cm³/mol. The molecular formula is C21H19N5OS2. The van der Waals surface area contributed by atoms with Gasteiger partial charge in [0, 0.05) is 22.3 Å². The molecule has 6 nitrogen and oxygen atoms in total. The molecule has 0 fully saturated rings. The molecule has 0 bridgehead atoms. The van der Waals surface area contributed by atoms with Gasteiger partial charge in [-0.25, -0.2) is 4.98 Å². The Kier molecular flexibility index (Phi) is 5.73. The van der Waals surface area contributed by atoms with Crippen molar-refractivity contribution < 1.29 is 4.79 Å². The number of thioether (sulfide) groups is 1. The van der Waals surface area contributed by atoms with Crippen LogP contribution >= 0.6 is 23.1 Å². The standard InChI is InChI=1S/C21H19N5OS2/c1-14-24-25-21(26(14)18-9-4-3-5-10-18)29-13-20(27)23-17-8-6-7-16(11-17)19-12-28-15(2)22-19/h3-12H,13H2,1-2H3,(H,23,27). The molecule has 0 aliphatic heterocycles.